The van der Waals surface area contributed by atoms with Crippen LogP contribution in [0.2, 0.25) is 10.0 Å². The van der Waals surface area contributed by atoms with Gasteiger partial charge in [0.25, 0.3) is 0 Å². The Morgan fingerprint density at radius 3 is 2.56 bits per heavy atom. The van der Waals surface area contributed by atoms with Gasteiger partial charge in [-0.15, -0.1) is 0 Å². The van der Waals surface area contributed by atoms with Crippen molar-refractivity contribution in [2.45, 2.75) is 0 Å². The molecule has 3 nitrogen and oxygen atoms in total. The number of aliphatic imine (C=N–C) groups is 1. The standard InChI is InChI=1S/C20H12Cl2N2O/c21-14-6-8-16(17(22)10-14)20-24-18-11-15(7-9-19(18)25-20)23-12-13-4-2-1-3-5-13/h1-12H. The van der Waals surface area contributed by atoms with Crippen molar-refractivity contribution in [2.24, 2.45) is 4.99 Å². The second-order valence-electron chi connectivity index (χ2n) is 5.46. The number of fused-ring (bicyclic) bond motifs is 1. The fourth-order valence-corrected chi connectivity index (χ4v) is 2.95. The van der Waals surface area contributed by atoms with Gasteiger partial charge in [-0.05, 0) is 42.0 Å². The van der Waals surface area contributed by atoms with Crippen molar-refractivity contribution in [3.05, 3.63) is 82.3 Å². The highest BCUT2D eigenvalue weighted by molar-refractivity contribution is 6.36. The summed E-state index contributed by atoms with van der Waals surface area (Å²) in [5.41, 5.74) is 3.95. The molecule has 5 heteroatoms. The summed E-state index contributed by atoms with van der Waals surface area (Å²) in [6.07, 6.45) is 1.82. The highest BCUT2D eigenvalue weighted by atomic mass is 35.5. The lowest BCUT2D eigenvalue weighted by Crippen LogP contribution is -1.79. The molecule has 3 aromatic carbocycles. The molecule has 0 unspecified atom stereocenters. The van der Waals surface area contributed by atoms with E-state index in [1.54, 1.807) is 18.2 Å². The summed E-state index contributed by atoms with van der Waals surface area (Å²) in [6, 6.07) is 20.8. The third-order valence-electron chi connectivity index (χ3n) is 3.69. The Kier molecular flexibility index (Phi) is 4.26. The van der Waals surface area contributed by atoms with Crippen molar-refractivity contribution in [3.8, 4) is 11.5 Å². The van der Waals surface area contributed by atoms with Gasteiger partial charge >= 0.3 is 0 Å². The minimum Gasteiger partial charge on any atom is -0.436 e. The molecular weight excluding hydrogens is 355 g/mol. The van der Waals surface area contributed by atoms with E-state index in [0.29, 0.717) is 27.1 Å². The molecular formula is C20H12Cl2N2O. The van der Waals surface area contributed by atoms with Crippen LogP contribution in [-0.4, -0.2) is 11.2 Å². The molecule has 0 aliphatic carbocycles. The molecule has 0 bridgehead atoms. The lowest BCUT2D eigenvalue weighted by molar-refractivity contribution is 0.620. The third-order valence-corrected chi connectivity index (χ3v) is 4.24. The zero-order valence-corrected chi connectivity index (χ0v) is 14.5. The fraction of sp³-hybridized carbons (Fsp3) is 0. The van der Waals surface area contributed by atoms with Crippen LogP contribution in [0, 0.1) is 0 Å². The maximum atomic E-state index is 6.23. The van der Waals surface area contributed by atoms with Crippen LogP contribution in [-0.2, 0) is 0 Å². The van der Waals surface area contributed by atoms with Gasteiger partial charge in [0, 0.05) is 11.2 Å². The highest BCUT2D eigenvalue weighted by Gasteiger charge is 2.12. The molecule has 0 N–H and O–H groups in total. The number of halogens is 2. The summed E-state index contributed by atoms with van der Waals surface area (Å²) in [5.74, 6) is 0.459. The molecule has 1 aromatic heterocycles. The average Bonchev–Trinajstić information content (AvgIpc) is 3.03. The molecule has 0 radical (unpaired) electrons. The quantitative estimate of drug-likeness (QED) is 0.385. The molecule has 1 heterocycles. The minimum atomic E-state index is 0.459. The Balaban J connectivity index is 1.69. The fourth-order valence-electron chi connectivity index (χ4n) is 2.46. The second kappa shape index (κ2) is 6.71. The second-order valence-corrected chi connectivity index (χ2v) is 6.31. The van der Waals surface area contributed by atoms with Gasteiger partial charge < -0.3 is 4.42 Å². The Hall–Kier alpha value is -2.62. The van der Waals surface area contributed by atoms with Crippen LogP contribution in [0.15, 0.2) is 76.1 Å². The highest BCUT2D eigenvalue weighted by Crippen LogP contribution is 2.32. The summed E-state index contributed by atoms with van der Waals surface area (Å²) >= 11 is 12.2. The van der Waals surface area contributed by atoms with E-state index in [1.807, 2.05) is 54.7 Å². The van der Waals surface area contributed by atoms with Gasteiger partial charge in [0.15, 0.2) is 5.58 Å². The van der Waals surface area contributed by atoms with E-state index in [0.717, 1.165) is 16.8 Å². The van der Waals surface area contributed by atoms with Gasteiger partial charge in [0.2, 0.25) is 5.89 Å². The van der Waals surface area contributed by atoms with Crippen LogP contribution in [0.25, 0.3) is 22.6 Å². The first kappa shape index (κ1) is 15.9. The summed E-state index contributed by atoms with van der Waals surface area (Å²) in [6.45, 7) is 0. The van der Waals surface area contributed by atoms with E-state index in [9.17, 15) is 0 Å². The Bertz CT molecular complexity index is 1070. The molecule has 25 heavy (non-hydrogen) atoms. The minimum absolute atomic E-state index is 0.459. The molecule has 0 atom stereocenters. The van der Waals surface area contributed by atoms with E-state index in [4.69, 9.17) is 27.6 Å². The maximum absolute atomic E-state index is 6.23. The summed E-state index contributed by atoms with van der Waals surface area (Å²) < 4.78 is 5.80. The van der Waals surface area contributed by atoms with Gasteiger partial charge in [-0.2, -0.15) is 0 Å². The molecule has 122 valence electrons. The van der Waals surface area contributed by atoms with Crippen LogP contribution in [0.5, 0.6) is 0 Å². The van der Waals surface area contributed by atoms with E-state index < -0.39 is 0 Å². The maximum Gasteiger partial charge on any atom is 0.228 e. The largest absolute Gasteiger partial charge is 0.436 e. The molecule has 0 aliphatic rings. The number of benzene rings is 3. The Morgan fingerprint density at radius 1 is 0.920 bits per heavy atom. The summed E-state index contributed by atoms with van der Waals surface area (Å²) in [4.78, 5) is 9.01. The molecule has 0 fully saturated rings. The van der Waals surface area contributed by atoms with Crippen LogP contribution in [0.1, 0.15) is 5.56 Å². The molecule has 0 spiro atoms. The van der Waals surface area contributed by atoms with E-state index in [-0.39, 0.29) is 0 Å². The third kappa shape index (κ3) is 3.43. The van der Waals surface area contributed by atoms with Crippen molar-refractivity contribution in [3.63, 3.8) is 0 Å². The lowest BCUT2D eigenvalue weighted by Gasteiger charge is -1.98. The number of hydrogen-bond donors (Lipinski definition) is 0. The van der Waals surface area contributed by atoms with Gasteiger partial charge in [0.1, 0.15) is 5.52 Å². The number of rotatable bonds is 3. The van der Waals surface area contributed by atoms with Crippen LogP contribution in [0.3, 0.4) is 0 Å². The molecule has 4 rings (SSSR count). The van der Waals surface area contributed by atoms with Gasteiger partial charge in [-0.1, -0.05) is 53.5 Å². The molecule has 0 saturated carbocycles. The van der Waals surface area contributed by atoms with Gasteiger partial charge in [-0.25, -0.2) is 4.98 Å². The van der Waals surface area contributed by atoms with Crippen molar-refractivity contribution in [1.82, 2.24) is 4.98 Å². The van der Waals surface area contributed by atoms with Crippen molar-refractivity contribution in [2.75, 3.05) is 0 Å². The SMILES string of the molecule is Clc1ccc(-c2nc3cc(N=Cc4ccccc4)ccc3o2)c(Cl)c1. The van der Waals surface area contributed by atoms with E-state index in [1.165, 1.54) is 0 Å². The van der Waals surface area contributed by atoms with Crippen molar-refractivity contribution >= 4 is 46.2 Å². The normalized spacial score (nSPS) is 11.4. The predicted molar refractivity (Wildman–Crippen MR) is 103 cm³/mol. The van der Waals surface area contributed by atoms with Crippen molar-refractivity contribution in [1.29, 1.82) is 0 Å². The van der Waals surface area contributed by atoms with E-state index >= 15 is 0 Å². The Labute approximate surface area is 154 Å². The van der Waals surface area contributed by atoms with E-state index in [2.05, 4.69) is 9.98 Å². The zero-order valence-electron chi connectivity index (χ0n) is 13.0. The van der Waals surface area contributed by atoms with Crippen LogP contribution in [0.4, 0.5) is 5.69 Å². The smallest absolute Gasteiger partial charge is 0.228 e. The number of nitrogens with zero attached hydrogens (tertiary/aromatic N) is 2. The predicted octanol–water partition coefficient (Wildman–Crippen LogP) is 6.55. The zero-order chi connectivity index (χ0) is 17.2. The van der Waals surface area contributed by atoms with Crippen LogP contribution >= 0.6 is 23.2 Å². The first-order valence-corrected chi connectivity index (χ1v) is 8.40. The van der Waals surface area contributed by atoms with Gasteiger partial charge in [-0.3, -0.25) is 4.99 Å². The molecule has 0 saturated heterocycles. The first-order chi connectivity index (χ1) is 12.2. The summed E-state index contributed by atoms with van der Waals surface area (Å²) in [7, 11) is 0. The molecule has 0 amide bonds. The number of hydrogen-bond acceptors (Lipinski definition) is 3. The Morgan fingerprint density at radius 2 is 1.76 bits per heavy atom. The summed E-state index contributed by atoms with van der Waals surface area (Å²) in [5, 5.41) is 1.07. The van der Waals surface area contributed by atoms with Gasteiger partial charge in [0.05, 0.1) is 16.3 Å². The lowest BCUT2D eigenvalue weighted by atomic mass is 10.2. The molecule has 0 aliphatic heterocycles. The first-order valence-electron chi connectivity index (χ1n) is 7.64. The monoisotopic (exact) mass is 366 g/mol. The number of oxazole rings is 1. The molecule has 4 aromatic rings. The van der Waals surface area contributed by atoms with Crippen molar-refractivity contribution < 1.29 is 4.42 Å². The number of aromatic nitrogens is 1. The van der Waals surface area contributed by atoms with Crippen LogP contribution < -0.4 is 0 Å². The topological polar surface area (TPSA) is 38.4 Å². The average molecular weight is 367 g/mol.